The Morgan fingerprint density at radius 2 is 2.04 bits per heavy atom. The normalized spacial score (nSPS) is 15.3. The molecule has 1 fully saturated rings. The van der Waals surface area contributed by atoms with E-state index in [1.54, 1.807) is 11.1 Å². The maximum absolute atomic E-state index is 12.2. The lowest BCUT2D eigenvalue weighted by Gasteiger charge is -2.37. The van der Waals surface area contributed by atoms with Crippen LogP contribution in [0, 0.1) is 11.3 Å². The van der Waals surface area contributed by atoms with Crippen LogP contribution in [0.5, 0.6) is 0 Å². The Kier molecular flexibility index (Phi) is 4.43. The number of nitrogens with two attached hydrogens (primary N) is 1. The van der Waals surface area contributed by atoms with Gasteiger partial charge in [0, 0.05) is 37.8 Å². The summed E-state index contributed by atoms with van der Waals surface area (Å²) in [5.41, 5.74) is 6.60. The smallest absolute Gasteiger partial charge is 0.410 e. The van der Waals surface area contributed by atoms with Gasteiger partial charge < -0.3 is 20.3 Å². The zero-order valence-corrected chi connectivity index (χ0v) is 15.4. The number of fused-ring (bicyclic) bond motifs is 1. The first-order chi connectivity index (χ1) is 11.8. The van der Waals surface area contributed by atoms with E-state index in [4.69, 9.17) is 10.5 Å². The molecular formula is C17H21N5O2S. The largest absolute Gasteiger partial charge is 0.444 e. The molecular weight excluding hydrogens is 338 g/mol. The molecule has 8 heteroatoms. The molecule has 0 atom stereocenters. The molecule has 0 spiro atoms. The molecule has 3 heterocycles. The van der Waals surface area contributed by atoms with Gasteiger partial charge in [0.25, 0.3) is 0 Å². The molecule has 3 rings (SSSR count). The van der Waals surface area contributed by atoms with Crippen molar-refractivity contribution < 1.29 is 9.53 Å². The molecule has 0 aliphatic carbocycles. The van der Waals surface area contributed by atoms with Crippen molar-refractivity contribution in [2.75, 3.05) is 36.8 Å². The lowest BCUT2D eigenvalue weighted by atomic mass is 10.1. The number of carbonyl (C=O) groups excluding carboxylic acids is 1. The van der Waals surface area contributed by atoms with Gasteiger partial charge in [-0.3, -0.25) is 0 Å². The number of amides is 1. The summed E-state index contributed by atoms with van der Waals surface area (Å²) in [5.74, 6) is 0. The number of carbonyl (C=O) groups is 1. The molecule has 0 unspecified atom stereocenters. The Hall–Kier alpha value is -2.53. The zero-order chi connectivity index (χ0) is 18.2. The second-order valence-corrected chi connectivity index (χ2v) is 8.06. The first-order valence-corrected chi connectivity index (χ1v) is 8.91. The van der Waals surface area contributed by atoms with Gasteiger partial charge in [-0.15, -0.1) is 11.3 Å². The monoisotopic (exact) mass is 359 g/mol. The first-order valence-electron chi connectivity index (χ1n) is 8.09. The maximum Gasteiger partial charge on any atom is 0.410 e. The Morgan fingerprint density at radius 1 is 1.36 bits per heavy atom. The molecule has 7 nitrogen and oxygen atoms in total. The molecule has 1 aliphatic rings. The average molecular weight is 359 g/mol. The van der Waals surface area contributed by atoms with Crippen molar-refractivity contribution in [3.63, 3.8) is 0 Å². The van der Waals surface area contributed by atoms with Crippen molar-refractivity contribution in [1.82, 2.24) is 9.88 Å². The van der Waals surface area contributed by atoms with Crippen LogP contribution in [0.4, 0.5) is 15.5 Å². The summed E-state index contributed by atoms with van der Waals surface area (Å²) < 4.78 is 6.38. The van der Waals surface area contributed by atoms with Crippen molar-refractivity contribution >= 4 is 38.2 Å². The third kappa shape index (κ3) is 3.61. The highest BCUT2D eigenvalue weighted by Crippen LogP contribution is 2.36. The summed E-state index contributed by atoms with van der Waals surface area (Å²) in [6.45, 7) is 7.87. The highest BCUT2D eigenvalue weighted by atomic mass is 32.1. The molecule has 0 bridgehead atoms. The quantitative estimate of drug-likeness (QED) is 0.841. The Morgan fingerprint density at radius 3 is 2.64 bits per heavy atom. The van der Waals surface area contributed by atoms with E-state index in [2.05, 4.69) is 16.0 Å². The summed E-state index contributed by atoms with van der Waals surface area (Å²) in [6.07, 6.45) is 1.39. The number of piperazine rings is 1. The first kappa shape index (κ1) is 17.3. The van der Waals surface area contributed by atoms with Crippen molar-refractivity contribution in [2.24, 2.45) is 0 Å². The Bertz CT molecular complexity index is 841. The third-order valence-corrected chi connectivity index (χ3v) is 4.82. The summed E-state index contributed by atoms with van der Waals surface area (Å²) in [7, 11) is 0. The maximum atomic E-state index is 12.2. The molecule has 2 aromatic heterocycles. The van der Waals surface area contributed by atoms with Gasteiger partial charge in [-0.1, -0.05) is 0 Å². The number of nitriles is 1. The number of hydrogen-bond donors (Lipinski definition) is 1. The van der Waals surface area contributed by atoms with E-state index in [-0.39, 0.29) is 6.09 Å². The van der Waals surface area contributed by atoms with Gasteiger partial charge in [0.1, 0.15) is 11.7 Å². The number of rotatable bonds is 1. The molecule has 1 saturated heterocycles. The van der Waals surface area contributed by atoms with Crippen LogP contribution in [0.2, 0.25) is 0 Å². The van der Waals surface area contributed by atoms with Gasteiger partial charge in [0.2, 0.25) is 0 Å². The summed E-state index contributed by atoms with van der Waals surface area (Å²) in [4.78, 5) is 20.3. The fraction of sp³-hybridized carbons (Fsp3) is 0.471. The minimum Gasteiger partial charge on any atom is -0.444 e. The van der Waals surface area contributed by atoms with Crippen LogP contribution in [0.1, 0.15) is 26.5 Å². The fourth-order valence-corrected chi connectivity index (χ4v) is 3.66. The topological polar surface area (TPSA) is 95.5 Å². The minimum atomic E-state index is -0.508. The van der Waals surface area contributed by atoms with Gasteiger partial charge in [0.15, 0.2) is 5.69 Å². The number of thiophene rings is 1. The van der Waals surface area contributed by atoms with Gasteiger partial charge in [-0.2, -0.15) is 5.26 Å². The molecule has 0 saturated carbocycles. The summed E-state index contributed by atoms with van der Waals surface area (Å²) in [5, 5.41) is 11.1. The van der Waals surface area contributed by atoms with E-state index in [0.717, 1.165) is 15.8 Å². The zero-order valence-electron chi connectivity index (χ0n) is 14.6. The molecule has 132 valence electrons. The lowest BCUT2D eigenvalue weighted by Crippen LogP contribution is -2.50. The summed E-state index contributed by atoms with van der Waals surface area (Å²) in [6, 6.07) is 4.05. The van der Waals surface area contributed by atoms with Crippen molar-refractivity contribution in [3.8, 4) is 6.07 Å². The number of aromatic nitrogens is 1. The van der Waals surface area contributed by atoms with E-state index >= 15 is 0 Å². The second-order valence-electron chi connectivity index (χ2n) is 6.95. The number of pyridine rings is 1. The van der Waals surface area contributed by atoms with Crippen LogP contribution < -0.4 is 10.6 Å². The van der Waals surface area contributed by atoms with Gasteiger partial charge in [0.05, 0.1) is 15.4 Å². The number of ether oxygens (including phenoxy) is 1. The number of nitrogen functional groups attached to an aromatic ring is 1. The molecule has 2 N–H and O–H groups in total. The molecule has 1 amide bonds. The van der Waals surface area contributed by atoms with Crippen LogP contribution in [0.3, 0.4) is 0 Å². The summed E-state index contributed by atoms with van der Waals surface area (Å²) >= 11 is 1.46. The van der Waals surface area contributed by atoms with Gasteiger partial charge in [-0.25, -0.2) is 9.78 Å². The Labute approximate surface area is 150 Å². The van der Waals surface area contributed by atoms with E-state index in [1.165, 1.54) is 11.3 Å². The third-order valence-electron chi connectivity index (χ3n) is 3.92. The van der Waals surface area contributed by atoms with E-state index in [0.29, 0.717) is 36.9 Å². The fourth-order valence-electron chi connectivity index (χ4n) is 2.86. The van der Waals surface area contributed by atoms with Crippen LogP contribution in [0.25, 0.3) is 10.1 Å². The Balaban J connectivity index is 1.81. The number of anilines is 2. The minimum absolute atomic E-state index is 0.302. The van der Waals surface area contributed by atoms with Gasteiger partial charge in [-0.05, 0) is 26.8 Å². The lowest BCUT2D eigenvalue weighted by molar-refractivity contribution is 0.0240. The number of hydrogen-bond acceptors (Lipinski definition) is 7. The molecule has 2 aromatic rings. The van der Waals surface area contributed by atoms with E-state index in [9.17, 15) is 10.1 Å². The molecule has 1 aliphatic heterocycles. The van der Waals surface area contributed by atoms with Crippen molar-refractivity contribution in [2.45, 2.75) is 26.4 Å². The van der Waals surface area contributed by atoms with Crippen LogP contribution >= 0.6 is 11.3 Å². The molecule has 0 radical (unpaired) electrons. The van der Waals surface area contributed by atoms with Crippen molar-refractivity contribution in [1.29, 1.82) is 5.26 Å². The highest BCUT2D eigenvalue weighted by molar-refractivity contribution is 7.22. The van der Waals surface area contributed by atoms with Crippen molar-refractivity contribution in [3.05, 3.63) is 18.0 Å². The predicted octanol–water partition coefficient (Wildman–Crippen LogP) is 2.81. The average Bonchev–Trinajstić information content (AvgIpc) is 2.92. The van der Waals surface area contributed by atoms with Crippen LogP contribution in [0.15, 0.2) is 12.3 Å². The van der Waals surface area contributed by atoms with Crippen LogP contribution in [-0.4, -0.2) is 47.8 Å². The van der Waals surface area contributed by atoms with E-state index in [1.807, 2.05) is 26.8 Å². The standard InChI is InChI=1S/C17H21N5O2S/c1-17(2,3)24-16(23)22-6-4-21(5-7-22)15-11-8-14(19)25-13(11)10-20-12(15)9-18/h8,10H,4-7,19H2,1-3H3. The second kappa shape index (κ2) is 6.41. The number of nitrogens with zero attached hydrogens (tertiary/aromatic N) is 4. The van der Waals surface area contributed by atoms with Crippen LogP contribution in [-0.2, 0) is 4.74 Å². The molecule has 0 aromatic carbocycles. The van der Waals surface area contributed by atoms with E-state index < -0.39 is 5.60 Å². The predicted molar refractivity (Wildman–Crippen MR) is 98.8 cm³/mol. The molecule has 25 heavy (non-hydrogen) atoms. The highest BCUT2D eigenvalue weighted by Gasteiger charge is 2.28. The van der Waals surface area contributed by atoms with Gasteiger partial charge >= 0.3 is 6.09 Å². The SMILES string of the molecule is CC(C)(C)OC(=O)N1CCN(c2c(C#N)ncc3sc(N)cc23)CC1.